The van der Waals surface area contributed by atoms with Crippen molar-refractivity contribution in [2.24, 2.45) is 5.10 Å². The van der Waals surface area contributed by atoms with E-state index < -0.39 is 17.1 Å². The van der Waals surface area contributed by atoms with Crippen LogP contribution in [0.25, 0.3) is 5.69 Å². The minimum Gasteiger partial charge on any atom is -0.493 e. The molecule has 7 nitrogen and oxygen atoms in total. The minimum absolute atomic E-state index is 0.0249. The molecule has 26 heavy (non-hydrogen) atoms. The van der Waals surface area contributed by atoms with Crippen molar-refractivity contribution in [3.8, 4) is 11.6 Å². The lowest BCUT2D eigenvalue weighted by atomic mass is 10.0. The van der Waals surface area contributed by atoms with Gasteiger partial charge in [0.15, 0.2) is 0 Å². The number of rotatable bonds is 4. The van der Waals surface area contributed by atoms with Crippen LogP contribution in [0, 0.1) is 0 Å². The highest BCUT2D eigenvalue weighted by molar-refractivity contribution is 5.82. The van der Waals surface area contributed by atoms with Gasteiger partial charge in [-0.25, -0.2) is 9.36 Å². The first kappa shape index (κ1) is 18.0. The molecular weight excluding hydrogens is 332 g/mol. The fraction of sp³-hybridized carbons (Fsp3) is 0.421. The number of aromatic amines is 1. The number of aromatic hydroxyl groups is 1. The third kappa shape index (κ3) is 3.71. The Labute approximate surface area is 151 Å². The maximum atomic E-state index is 12.2. The molecule has 0 atom stereocenters. The number of piperidine rings is 1. The second kappa shape index (κ2) is 7.59. The van der Waals surface area contributed by atoms with E-state index >= 15 is 0 Å². The summed E-state index contributed by atoms with van der Waals surface area (Å²) in [5, 5.41) is 16.7. The third-order valence-corrected chi connectivity index (χ3v) is 4.62. The van der Waals surface area contributed by atoms with Gasteiger partial charge in [-0.15, -0.1) is 0 Å². The molecule has 0 radical (unpaired) electrons. The van der Waals surface area contributed by atoms with Gasteiger partial charge in [-0.2, -0.15) is 5.10 Å². The standard InChI is InChI=1S/C19H24N4O3/c1-13(2)14-6-8-15(9-7-14)23-18(25)16(17(24)21-19(23)26)12-20-22-10-4-3-5-11-22/h6-9,12-13,25H,3-5,10-11H2,1-2H3,(H,21,24,26)/b20-12+. The van der Waals surface area contributed by atoms with Crippen LogP contribution < -0.4 is 11.2 Å². The molecule has 1 aromatic heterocycles. The largest absolute Gasteiger partial charge is 0.493 e. The van der Waals surface area contributed by atoms with Gasteiger partial charge >= 0.3 is 5.69 Å². The molecule has 0 spiro atoms. The summed E-state index contributed by atoms with van der Waals surface area (Å²) in [4.78, 5) is 26.6. The van der Waals surface area contributed by atoms with E-state index in [9.17, 15) is 14.7 Å². The van der Waals surface area contributed by atoms with Crippen molar-refractivity contribution in [1.82, 2.24) is 14.6 Å². The zero-order chi connectivity index (χ0) is 18.7. The van der Waals surface area contributed by atoms with Crippen LogP contribution in [0.5, 0.6) is 5.88 Å². The molecule has 2 N–H and O–H groups in total. The number of hydrogen-bond donors (Lipinski definition) is 2. The van der Waals surface area contributed by atoms with E-state index in [0.717, 1.165) is 36.1 Å². The van der Waals surface area contributed by atoms with Gasteiger partial charge in [0.05, 0.1) is 11.9 Å². The third-order valence-electron chi connectivity index (χ3n) is 4.62. The summed E-state index contributed by atoms with van der Waals surface area (Å²) < 4.78 is 1.09. The second-order valence-electron chi connectivity index (χ2n) is 6.84. The molecule has 3 rings (SSSR count). The van der Waals surface area contributed by atoms with Gasteiger partial charge in [0.1, 0.15) is 5.56 Å². The maximum absolute atomic E-state index is 12.2. The Kier molecular flexibility index (Phi) is 5.25. The Hall–Kier alpha value is -2.83. The number of nitrogens with zero attached hydrogens (tertiary/aromatic N) is 3. The molecule has 2 aromatic rings. The molecule has 138 valence electrons. The lowest BCUT2D eigenvalue weighted by Crippen LogP contribution is -2.32. The molecule has 2 heterocycles. The molecular formula is C19H24N4O3. The highest BCUT2D eigenvalue weighted by Crippen LogP contribution is 2.19. The molecule has 0 unspecified atom stereocenters. The van der Waals surface area contributed by atoms with E-state index in [2.05, 4.69) is 23.9 Å². The normalized spacial score (nSPS) is 15.1. The van der Waals surface area contributed by atoms with Crippen molar-refractivity contribution < 1.29 is 5.11 Å². The zero-order valence-electron chi connectivity index (χ0n) is 15.1. The lowest BCUT2D eigenvalue weighted by molar-refractivity contribution is 0.240. The second-order valence-corrected chi connectivity index (χ2v) is 6.84. The van der Waals surface area contributed by atoms with Gasteiger partial charge in [0.2, 0.25) is 5.88 Å². The highest BCUT2D eigenvalue weighted by Gasteiger charge is 2.15. The number of hydrogen-bond acceptors (Lipinski definition) is 5. The van der Waals surface area contributed by atoms with Crippen molar-refractivity contribution >= 4 is 6.21 Å². The van der Waals surface area contributed by atoms with Crippen LogP contribution in [0.15, 0.2) is 39.0 Å². The number of aromatic nitrogens is 2. The first-order chi connectivity index (χ1) is 12.5. The Balaban J connectivity index is 1.99. The number of benzene rings is 1. The van der Waals surface area contributed by atoms with E-state index in [1.54, 1.807) is 12.1 Å². The van der Waals surface area contributed by atoms with E-state index in [1.807, 2.05) is 17.1 Å². The van der Waals surface area contributed by atoms with Crippen molar-refractivity contribution in [1.29, 1.82) is 0 Å². The number of nitrogens with one attached hydrogen (secondary N) is 1. The summed E-state index contributed by atoms with van der Waals surface area (Å²) >= 11 is 0. The fourth-order valence-electron chi connectivity index (χ4n) is 3.03. The Morgan fingerprint density at radius 1 is 1.12 bits per heavy atom. The predicted molar refractivity (Wildman–Crippen MR) is 101 cm³/mol. The predicted octanol–water partition coefficient (Wildman–Crippen LogP) is 2.17. The minimum atomic E-state index is -0.681. The van der Waals surface area contributed by atoms with Gasteiger partial charge in [0, 0.05) is 13.1 Å². The van der Waals surface area contributed by atoms with Gasteiger partial charge < -0.3 is 5.11 Å². The molecule has 0 saturated carbocycles. The lowest BCUT2D eigenvalue weighted by Gasteiger charge is -2.23. The monoisotopic (exact) mass is 356 g/mol. The van der Waals surface area contributed by atoms with Gasteiger partial charge in [-0.05, 0) is 42.9 Å². The van der Waals surface area contributed by atoms with Crippen molar-refractivity contribution in [3.63, 3.8) is 0 Å². The summed E-state index contributed by atoms with van der Waals surface area (Å²) in [5.74, 6) is -0.0472. The quantitative estimate of drug-likeness (QED) is 0.822. The van der Waals surface area contributed by atoms with Gasteiger partial charge in [-0.3, -0.25) is 14.8 Å². The van der Waals surface area contributed by atoms with Crippen LogP contribution in [0.3, 0.4) is 0 Å². The summed E-state index contributed by atoms with van der Waals surface area (Å²) in [7, 11) is 0. The van der Waals surface area contributed by atoms with Crippen LogP contribution in [-0.2, 0) is 0 Å². The van der Waals surface area contributed by atoms with E-state index in [4.69, 9.17) is 0 Å². The van der Waals surface area contributed by atoms with Crippen LogP contribution in [0.4, 0.5) is 0 Å². The first-order valence-corrected chi connectivity index (χ1v) is 8.95. The summed E-state index contributed by atoms with van der Waals surface area (Å²) in [6, 6.07) is 7.30. The van der Waals surface area contributed by atoms with Crippen LogP contribution in [0.2, 0.25) is 0 Å². The molecule has 1 aromatic carbocycles. The molecule has 7 heteroatoms. The van der Waals surface area contributed by atoms with E-state index in [1.165, 1.54) is 12.6 Å². The maximum Gasteiger partial charge on any atom is 0.335 e. The molecule has 1 fully saturated rings. The summed E-state index contributed by atoms with van der Waals surface area (Å²) in [6.45, 7) is 5.80. The van der Waals surface area contributed by atoms with Crippen molar-refractivity contribution in [2.45, 2.75) is 39.0 Å². The van der Waals surface area contributed by atoms with Crippen LogP contribution >= 0.6 is 0 Å². The Morgan fingerprint density at radius 3 is 2.38 bits per heavy atom. The molecule has 1 aliphatic heterocycles. The molecule has 0 amide bonds. The van der Waals surface area contributed by atoms with E-state index in [0.29, 0.717) is 11.6 Å². The van der Waals surface area contributed by atoms with E-state index in [-0.39, 0.29) is 5.56 Å². The van der Waals surface area contributed by atoms with Crippen molar-refractivity contribution in [3.05, 3.63) is 56.2 Å². The van der Waals surface area contributed by atoms with Crippen LogP contribution in [0.1, 0.15) is 50.2 Å². The molecule has 1 saturated heterocycles. The Bertz CT molecular complexity index is 904. The average Bonchev–Trinajstić information content (AvgIpc) is 2.62. The highest BCUT2D eigenvalue weighted by atomic mass is 16.3. The molecule has 1 aliphatic rings. The van der Waals surface area contributed by atoms with Crippen LogP contribution in [-0.4, -0.2) is 39.0 Å². The number of hydrazone groups is 1. The first-order valence-electron chi connectivity index (χ1n) is 8.95. The summed E-state index contributed by atoms with van der Waals surface area (Å²) in [6.07, 6.45) is 4.62. The smallest absolute Gasteiger partial charge is 0.335 e. The molecule has 0 aliphatic carbocycles. The molecule has 0 bridgehead atoms. The summed E-state index contributed by atoms with van der Waals surface area (Å²) in [5.41, 5.74) is 0.254. The average molecular weight is 356 g/mol. The van der Waals surface area contributed by atoms with Gasteiger partial charge in [-0.1, -0.05) is 26.0 Å². The van der Waals surface area contributed by atoms with Gasteiger partial charge in [0.25, 0.3) is 5.56 Å². The topological polar surface area (TPSA) is 90.7 Å². The fourth-order valence-corrected chi connectivity index (χ4v) is 3.03. The van der Waals surface area contributed by atoms with Crippen molar-refractivity contribution in [2.75, 3.05) is 13.1 Å². The Morgan fingerprint density at radius 2 is 1.77 bits per heavy atom. The SMILES string of the molecule is CC(C)c1ccc(-n2c(O)c(/C=N/N3CCCCC3)c(=O)[nH]c2=O)cc1. The zero-order valence-corrected chi connectivity index (χ0v) is 15.1. The number of H-pyrrole nitrogens is 1.